The Kier molecular flexibility index (Phi) is 4.73. The molecule has 148 valence electrons. The number of phenolic OH excluding ortho intramolecular Hbond substituents is 1. The molecule has 29 heavy (non-hydrogen) atoms. The van der Waals surface area contributed by atoms with Crippen molar-refractivity contribution in [1.82, 2.24) is 15.0 Å². The molecule has 1 aliphatic heterocycles. The highest BCUT2D eigenvalue weighted by Gasteiger charge is 2.20. The highest BCUT2D eigenvalue weighted by molar-refractivity contribution is 5.93. The van der Waals surface area contributed by atoms with Gasteiger partial charge in [-0.2, -0.15) is 0 Å². The summed E-state index contributed by atoms with van der Waals surface area (Å²) in [5.41, 5.74) is 1.50. The zero-order chi connectivity index (χ0) is 20.4. The van der Waals surface area contributed by atoms with E-state index in [-0.39, 0.29) is 31.3 Å². The van der Waals surface area contributed by atoms with Gasteiger partial charge in [-0.15, -0.1) is 15.0 Å². The van der Waals surface area contributed by atoms with E-state index in [9.17, 15) is 14.7 Å². The molecule has 1 N–H and O–H groups in total. The van der Waals surface area contributed by atoms with Gasteiger partial charge in [-0.3, -0.25) is 0 Å². The number of phenols is 1. The van der Waals surface area contributed by atoms with Gasteiger partial charge in [0.25, 0.3) is 0 Å². The van der Waals surface area contributed by atoms with Gasteiger partial charge < -0.3 is 24.1 Å². The summed E-state index contributed by atoms with van der Waals surface area (Å²) >= 11 is 0. The number of rotatable bonds is 6. The Balaban J connectivity index is 1.52. The van der Waals surface area contributed by atoms with Crippen molar-refractivity contribution in [2.24, 2.45) is 0 Å². The number of fused-ring (bicyclic) bond motifs is 2. The highest BCUT2D eigenvalue weighted by Crippen LogP contribution is 2.38. The Bertz CT molecular complexity index is 1120. The van der Waals surface area contributed by atoms with Crippen LogP contribution in [0.5, 0.6) is 17.2 Å². The lowest BCUT2D eigenvalue weighted by Crippen LogP contribution is -2.12. The molecular weight excluding hydrogens is 382 g/mol. The van der Waals surface area contributed by atoms with Crippen molar-refractivity contribution in [2.75, 3.05) is 20.0 Å². The average Bonchev–Trinajstić information content (AvgIpc) is 3.35. The maximum absolute atomic E-state index is 12.2. The minimum atomic E-state index is -0.595. The standard InChI is InChI=1S/C19H15N3O7/c1-2-18(24)26-5-6-27-19(25)11-3-4-12-13(7-11)21-22(20-12)14-8-16-17(9-15(14)23)29-10-28-16/h2-4,7-9,23H,1,5-6,10H2. The monoisotopic (exact) mass is 397 g/mol. The van der Waals surface area contributed by atoms with E-state index in [1.807, 2.05) is 0 Å². The first-order valence-corrected chi connectivity index (χ1v) is 8.51. The Morgan fingerprint density at radius 3 is 2.62 bits per heavy atom. The summed E-state index contributed by atoms with van der Waals surface area (Å²) in [5.74, 6) is -0.358. The zero-order valence-electron chi connectivity index (χ0n) is 15.0. The van der Waals surface area contributed by atoms with Gasteiger partial charge in [-0.1, -0.05) is 6.58 Å². The Morgan fingerprint density at radius 2 is 1.83 bits per heavy atom. The van der Waals surface area contributed by atoms with E-state index in [4.69, 9.17) is 18.9 Å². The molecule has 0 fully saturated rings. The number of aromatic nitrogens is 3. The number of hydrogen-bond acceptors (Lipinski definition) is 9. The zero-order valence-corrected chi connectivity index (χ0v) is 15.0. The van der Waals surface area contributed by atoms with Crippen LogP contribution in [0.25, 0.3) is 16.7 Å². The van der Waals surface area contributed by atoms with Gasteiger partial charge in [0.1, 0.15) is 35.7 Å². The Hall–Kier alpha value is -4.08. The summed E-state index contributed by atoms with van der Waals surface area (Å²) < 4.78 is 20.3. The second-order valence-electron chi connectivity index (χ2n) is 5.89. The second kappa shape index (κ2) is 7.50. The summed E-state index contributed by atoms with van der Waals surface area (Å²) in [6, 6.07) is 7.65. The summed E-state index contributed by atoms with van der Waals surface area (Å²) in [6.07, 6.45) is 1.02. The maximum atomic E-state index is 12.2. The van der Waals surface area contributed by atoms with Crippen LogP contribution in [0, 0.1) is 0 Å². The number of ether oxygens (including phenoxy) is 4. The van der Waals surface area contributed by atoms with Gasteiger partial charge in [0.2, 0.25) is 6.79 Å². The van der Waals surface area contributed by atoms with Crippen molar-refractivity contribution in [2.45, 2.75) is 0 Å². The van der Waals surface area contributed by atoms with Crippen LogP contribution < -0.4 is 9.47 Å². The number of carbonyl (C=O) groups excluding carboxylic acids is 2. The van der Waals surface area contributed by atoms with Crippen LogP contribution in [0.2, 0.25) is 0 Å². The molecule has 0 saturated carbocycles. The predicted octanol–water partition coefficient (Wildman–Crippen LogP) is 1.74. The van der Waals surface area contributed by atoms with Crippen LogP contribution in [0.3, 0.4) is 0 Å². The molecule has 0 spiro atoms. The predicted molar refractivity (Wildman–Crippen MR) is 98.1 cm³/mol. The van der Waals surface area contributed by atoms with Gasteiger partial charge >= 0.3 is 11.9 Å². The van der Waals surface area contributed by atoms with Crippen LogP contribution in [-0.4, -0.2) is 52.0 Å². The molecule has 10 nitrogen and oxygen atoms in total. The molecule has 10 heteroatoms. The third-order valence-corrected chi connectivity index (χ3v) is 4.03. The van der Waals surface area contributed by atoms with Gasteiger partial charge in [0, 0.05) is 18.2 Å². The average molecular weight is 397 g/mol. The Labute approximate surface area is 163 Å². The summed E-state index contributed by atoms with van der Waals surface area (Å²) in [5, 5.41) is 18.8. The van der Waals surface area contributed by atoms with E-state index in [1.165, 1.54) is 16.9 Å². The first-order chi connectivity index (χ1) is 14.0. The third-order valence-electron chi connectivity index (χ3n) is 4.03. The van der Waals surface area contributed by atoms with Crippen LogP contribution >= 0.6 is 0 Å². The number of benzene rings is 2. The number of carbonyl (C=O) groups is 2. The molecule has 2 heterocycles. The topological polar surface area (TPSA) is 122 Å². The minimum absolute atomic E-state index is 0.0710. The molecule has 0 bridgehead atoms. The Morgan fingerprint density at radius 1 is 1.10 bits per heavy atom. The fourth-order valence-corrected chi connectivity index (χ4v) is 2.65. The van der Waals surface area contributed by atoms with Crippen molar-refractivity contribution < 1.29 is 33.6 Å². The van der Waals surface area contributed by atoms with E-state index in [2.05, 4.69) is 16.8 Å². The number of hydrogen-bond donors (Lipinski definition) is 1. The van der Waals surface area contributed by atoms with Gasteiger partial charge in [-0.25, -0.2) is 9.59 Å². The van der Waals surface area contributed by atoms with Crippen molar-refractivity contribution >= 4 is 23.0 Å². The molecule has 0 unspecified atom stereocenters. The summed E-state index contributed by atoms with van der Waals surface area (Å²) in [6.45, 7) is 3.19. The quantitative estimate of drug-likeness (QED) is 0.376. The molecular formula is C19H15N3O7. The van der Waals surface area contributed by atoms with Crippen LogP contribution in [-0.2, 0) is 14.3 Å². The summed E-state index contributed by atoms with van der Waals surface area (Å²) in [7, 11) is 0. The lowest BCUT2D eigenvalue weighted by molar-refractivity contribution is -0.138. The molecule has 2 aromatic carbocycles. The van der Waals surface area contributed by atoms with Crippen molar-refractivity contribution in [3.05, 3.63) is 48.6 Å². The van der Waals surface area contributed by atoms with Crippen molar-refractivity contribution in [3.63, 3.8) is 0 Å². The SMILES string of the molecule is C=CC(=O)OCCOC(=O)c1ccc2nn(-c3cc4c(cc3O)OCO4)nc2c1. The molecule has 3 aromatic rings. The van der Waals surface area contributed by atoms with E-state index in [1.54, 1.807) is 18.2 Å². The molecule has 0 radical (unpaired) electrons. The van der Waals surface area contributed by atoms with E-state index in [0.29, 0.717) is 28.2 Å². The van der Waals surface area contributed by atoms with Gasteiger partial charge in [0.15, 0.2) is 11.5 Å². The lowest BCUT2D eigenvalue weighted by Gasteiger charge is -2.04. The van der Waals surface area contributed by atoms with Gasteiger partial charge in [-0.05, 0) is 18.2 Å². The normalized spacial score (nSPS) is 12.0. The fourth-order valence-electron chi connectivity index (χ4n) is 2.65. The molecule has 1 aromatic heterocycles. The molecule has 0 aliphatic carbocycles. The molecule has 0 atom stereocenters. The van der Waals surface area contributed by atoms with Crippen molar-refractivity contribution in [1.29, 1.82) is 0 Å². The second-order valence-corrected chi connectivity index (χ2v) is 5.89. The van der Waals surface area contributed by atoms with Crippen molar-refractivity contribution in [3.8, 4) is 22.9 Å². The number of nitrogens with zero attached hydrogens (tertiary/aromatic N) is 3. The number of esters is 2. The largest absolute Gasteiger partial charge is 0.505 e. The first kappa shape index (κ1) is 18.3. The molecule has 0 saturated heterocycles. The van der Waals surface area contributed by atoms with E-state index >= 15 is 0 Å². The molecule has 0 amide bonds. The molecule has 1 aliphatic rings. The van der Waals surface area contributed by atoms with Crippen LogP contribution in [0.4, 0.5) is 0 Å². The van der Waals surface area contributed by atoms with E-state index in [0.717, 1.165) is 6.08 Å². The maximum Gasteiger partial charge on any atom is 0.338 e. The van der Waals surface area contributed by atoms with Crippen LogP contribution in [0.15, 0.2) is 43.0 Å². The smallest absolute Gasteiger partial charge is 0.338 e. The summed E-state index contributed by atoms with van der Waals surface area (Å²) in [4.78, 5) is 24.3. The lowest BCUT2D eigenvalue weighted by atomic mass is 10.2. The number of aromatic hydroxyl groups is 1. The van der Waals surface area contributed by atoms with Gasteiger partial charge in [0.05, 0.1) is 5.56 Å². The third kappa shape index (κ3) is 3.68. The minimum Gasteiger partial charge on any atom is -0.505 e. The van der Waals surface area contributed by atoms with Crippen LogP contribution in [0.1, 0.15) is 10.4 Å². The molecule has 4 rings (SSSR count). The van der Waals surface area contributed by atoms with E-state index < -0.39 is 11.9 Å². The first-order valence-electron chi connectivity index (χ1n) is 8.51. The highest BCUT2D eigenvalue weighted by atomic mass is 16.7. The fraction of sp³-hybridized carbons (Fsp3) is 0.158.